The zero-order valence-corrected chi connectivity index (χ0v) is 13.3. The predicted molar refractivity (Wildman–Crippen MR) is 83.6 cm³/mol. The standard InChI is InChI=1S/C16H26N4O2/c1-19-9-5-14(6-10-19)22-12-16(21)20-8-2-3-13(11-20)15-4-7-17-18-15/h4,7,13-14H,2-3,5-6,8-12H2,1H3,(H,17,18). The average Bonchev–Trinajstić information content (AvgIpc) is 3.09. The van der Waals surface area contributed by atoms with E-state index in [2.05, 4.69) is 22.1 Å². The van der Waals surface area contributed by atoms with Crippen LogP contribution in [0.1, 0.15) is 37.3 Å². The summed E-state index contributed by atoms with van der Waals surface area (Å²) in [6.07, 6.45) is 6.24. The minimum absolute atomic E-state index is 0.128. The number of amides is 1. The molecule has 1 unspecified atom stereocenters. The first-order chi connectivity index (χ1) is 10.7. The van der Waals surface area contributed by atoms with E-state index in [1.54, 1.807) is 6.20 Å². The highest BCUT2D eigenvalue weighted by Crippen LogP contribution is 2.25. The monoisotopic (exact) mass is 306 g/mol. The van der Waals surface area contributed by atoms with Crippen LogP contribution in [0.5, 0.6) is 0 Å². The first-order valence-corrected chi connectivity index (χ1v) is 8.29. The number of piperidine rings is 2. The molecule has 0 aliphatic carbocycles. The van der Waals surface area contributed by atoms with Crippen LogP contribution in [0.3, 0.4) is 0 Å². The molecular weight excluding hydrogens is 280 g/mol. The summed E-state index contributed by atoms with van der Waals surface area (Å²) in [6, 6.07) is 2.01. The lowest BCUT2D eigenvalue weighted by atomic mass is 9.95. The molecule has 2 aliphatic heterocycles. The molecule has 1 aromatic heterocycles. The summed E-state index contributed by atoms with van der Waals surface area (Å²) in [5.41, 5.74) is 1.13. The first kappa shape index (κ1) is 15.5. The molecule has 0 radical (unpaired) electrons. The topological polar surface area (TPSA) is 61.5 Å². The maximum Gasteiger partial charge on any atom is 0.248 e. The molecular formula is C16H26N4O2. The molecule has 0 spiro atoms. The Morgan fingerprint density at radius 1 is 1.36 bits per heavy atom. The number of aromatic nitrogens is 2. The van der Waals surface area contributed by atoms with E-state index in [1.807, 2.05) is 11.0 Å². The quantitative estimate of drug-likeness (QED) is 0.909. The number of nitrogens with zero attached hydrogens (tertiary/aromatic N) is 3. The Kier molecular flexibility index (Phi) is 5.10. The van der Waals surface area contributed by atoms with Gasteiger partial charge in [-0.25, -0.2) is 0 Å². The summed E-state index contributed by atoms with van der Waals surface area (Å²) in [6.45, 7) is 3.97. The molecule has 3 heterocycles. The lowest BCUT2D eigenvalue weighted by Gasteiger charge is -2.33. The van der Waals surface area contributed by atoms with Crippen molar-refractivity contribution in [3.63, 3.8) is 0 Å². The van der Waals surface area contributed by atoms with E-state index >= 15 is 0 Å². The Morgan fingerprint density at radius 3 is 2.91 bits per heavy atom. The van der Waals surface area contributed by atoms with Gasteiger partial charge in [0.05, 0.1) is 6.10 Å². The van der Waals surface area contributed by atoms with Crippen molar-refractivity contribution >= 4 is 5.91 Å². The van der Waals surface area contributed by atoms with Crippen LogP contribution in [0.4, 0.5) is 0 Å². The molecule has 1 amide bonds. The Labute approximate surface area is 131 Å². The van der Waals surface area contributed by atoms with Crippen molar-refractivity contribution in [3.05, 3.63) is 18.0 Å². The fourth-order valence-electron chi connectivity index (χ4n) is 3.38. The van der Waals surface area contributed by atoms with Crippen molar-refractivity contribution in [3.8, 4) is 0 Å². The van der Waals surface area contributed by atoms with E-state index in [0.29, 0.717) is 5.92 Å². The molecule has 2 saturated heterocycles. The Hall–Kier alpha value is -1.40. The third-order valence-electron chi connectivity index (χ3n) is 4.84. The number of rotatable bonds is 4. The number of H-pyrrole nitrogens is 1. The smallest absolute Gasteiger partial charge is 0.248 e. The minimum Gasteiger partial charge on any atom is -0.368 e. The van der Waals surface area contributed by atoms with Gasteiger partial charge in [0.15, 0.2) is 0 Å². The van der Waals surface area contributed by atoms with Crippen molar-refractivity contribution in [2.24, 2.45) is 0 Å². The predicted octanol–water partition coefficient (Wildman–Crippen LogP) is 1.23. The van der Waals surface area contributed by atoms with Gasteiger partial charge in [0.25, 0.3) is 0 Å². The van der Waals surface area contributed by atoms with Crippen LogP contribution in [0.25, 0.3) is 0 Å². The summed E-state index contributed by atoms with van der Waals surface area (Å²) in [5, 5.41) is 7.04. The molecule has 2 aliphatic rings. The SMILES string of the molecule is CN1CCC(OCC(=O)N2CCCC(c3ccn[nH]3)C2)CC1. The fourth-order valence-corrected chi connectivity index (χ4v) is 3.38. The van der Waals surface area contributed by atoms with Crippen LogP contribution in [0.15, 0.2) is 12.3 Å². The highest BCUT2D eigenvalue weighted by atomic mass is 16.5. The maximum absolute atomic E-state index is 12.4. The second kappa shape index (κ2) is 7.24. The number of aromatic amines is 1. The van der Waals surface area contributed by atoms with Crippen LogP contribution < -0.4 is 0 Å². The van der Waals surface area contributed by atoms with Crippen molar-refractivity contribution in [1.82, 2.24) is 20.0 Å². The van der Waals surface area contributed by atoms with Crippen LogP contribution >= 0.6 is 0 Å². The molecule has 0 bridgehead atoms. The van der Waals surface area contributed by atoms with Crippen LogP contribution in [-0.4, -0.2) is 71.8 Å². The van der Waals surface area contributed by atoms with E-state index in [1.165, 1.54) is 0 Å². The molecule has 6 heteroatoms. The van der Waals surface area contributed by atoms with E-state index in [4.69, 9.17) is 4.74 Å². The molecule has 6 nitrogen and oxygen atoms in total. The van der Waals surface area contributed by atoms with Crippen LogP contribution in [0, 0.1) is 0 Å². The van der Waals surface area contributed by atoms with Gasteiger partial charge in [-0.15, -0.1) is 0 Å². The number of carbonyl (C=O) groups excluding carboxylic acids is 1. The van der Waals surface area contributed by atoms with Crippen LogP contribution in [-0.2, 0) is 9.53 Å². The number of likely N-dealkylation sites (tertiary alicyclic amines) is 2. The third kappa shape index (κ3) is 3.87. The molecule has 0 aromatic carbocycles. The zero-order chi connectivity index (χ0) is 15.4. The number of ether oxygens (including phenoxy) is 1. The lowest BCUT2D eigenvalue weighted by molar-refractivity contribution is -0.140. The molecule has 3 rings (SSSR count). The van der Waals surface area contributed by atoms with E-state index in [-0.39, 0.29) is 18.6 Å². The number of carbonyl (C=O) groups is 1. The van der Waals surface area contributed by atoms with Gasteiger partial charge >= 0.3 is 0 Å². The number of hydrogen-bond acceptors (Lipinski definition) is 4. The summed E-state index contributed by atoms with van der Waals surface area (Å²) in [7, 11) is 2.13. The molecule has 1 atom stereocenters. The molecule has 122 valence electrons. The van der Waals surface area contributed by atoms with Gasteiger partial charge in [-0.2, -0.15) is 5.10 Å². The summed E-state index contributed by atoms with van der Waals surface area (Å²) >= 11 is 0. The Morgan fingerprint density at radius 2 is 2.18 bits per heavy atom. The molecule has 0 saturated carbocycles. The van der Waals surface area contributed by atoms with Gasteiger partial charge in [-0.1, -0.05) is 0 Å². The molecule has 1 N–H and O–H groups in total. The molecule has 1 aromatic rings. The van der Waals surface area contributed by atoms with Crippen molar-refractivity contribution < 1.29 is 9.53 Å². The van der Waals surface area contributed by atoms with Gasteiger partial charge in [0.2, 0.25) is 5.91 Å². The largest absolute Gasteiger partial charge is 0.368 e. The average molecular weight is 306 g/mol. The summed E-state index contributed by atoms with van der Waals surface area (Å²) in [5.74, 6) is 0.506. The van der Waals surface area contributed by atoms with Crippen molar-refractivity contribution in [2.45, 2.75) is 37.7 Å². The first-order valence-electron chi connectivity index (χ1n) is 8.29. The van der Waals surface area contributed by atoms with Gasteiger partial charge in [-0.3, -0.25) is 9.89 Å². The Bertz CT molecular complexity index is 469. The van der Waals surface area contributed by atoms with Gasteiger partial charge < -0.3 is 14.5 Å². The maximum atomic E-state index is 12.4. The van der Waals surface area contributed by atoms with E-state index in [0.717, 1.165) is 57.6 Å². The number of nitrogens with one attached hydrogen (secondary N) is 1. The van der Waals surface area contributed by atoms with E-state index < -0.39 is 0 Å². The van der Waals surface area contributed by atoms with Gasteiger partial charge in [-0.05, 0) is 38.8 Å². The second-order valence-electron chi connectivity index (χ2n) is 6.50. The molecule has 22 heavy (non-hydrogen) atoms. The number of hydrogen-bond donors (Lipinski definition) is 1. The fraction of sp³-hybridized carbons (Fsp3) is 0.750. The van der Waals surface area contributed by atoms with Gasteiger partial charge in [0, 0.05) is 44.0 Å². The molecule has 2 fully saturated rings. The van der Waals surface area contributed by atoms with Gasteiger partial charge in [0.1, 0.15) is 6.61 Å². The van der Waals surface area contributed by atoms with Crippen molar-refractivity contribution in [2.75, 3.05) is 39.8 Å². The normalized spacial score (nSPS) is 24.6. The van der Waals surface area contributed by atoms with E-state index in [9.17, 15) is 4.79 Å². The highest BCUT2D eigenvalue weighted by molar-refractivity contribution is 5.77. The van der Waals surface area contributed by atoms with Crippen LogP contribution in [0.2, 0.25) is 0 Å². The minimum atomic E-state index is 0.128. The van der Waals surface area contributed by atoms with Crippen molar-refractivity contribution in [1.29, 1.82) is 0 Å². The lowest BCUT2D eigenvalue weighted by Crippen LogP contribution is -2.42. The summed E-state index contributed by atoms with van der Waals surface area (Å²) < 4.78 is 5.83. The zero-order valence-electron chi connectivity index (χ0n) is 13.3. The second-order valence-corrected chi connectivity index (χ2v) is 6.50. The summed E-state index contributed by atoms with van der Waals surface area (Å²) in [4.78, 5) is 16.6. The third-order valence-corrected chi connectivity index (χ3v) is 4.84. The Balaban J connectivity index is 1.45. The highest BCUT2D eigenvalue weighted by Gasteiger charge is 2.26.